The number of halogens is 3. The molecule has 1 saturated heterocycles. The molecule has 2 aromatic rings. The maximum atomic E-state index is 12.7. The maximum absolute atomic E-state index is 12.7. The van der Waals surface area contributed by atoms with Gasteiger partial charge in [0.05, 0.1) is 15.7 Å². The molecule has 9 heteroatoms. The van der Waals surface area contributed by atoms with E-state index < -0.39 is 17.8 Å². The van der Waals surface area contributed by atoms with Crippen molar-refractivity contribution in [3.63, 3.8) is 0 Å². The number of carbonyl (C=O) groups is 3. The second-order valence-electron chi connectivity index (χ2n) is 4.70. The first-order chi connectivity index (χ1) is 11.4. The standard InChI is InChI=1S/C15H7BrCl2N2O3S/c16-7-4-8(24-6-7)5-9-13(21)19-15(23)20(14(9)22)11-3-1-2-10(17)12(11)18/h1-6H,(H,19,21,23). The van der Waals surface area contributed by atoms with Crippen LogP contribution in [0.5, 0.6) is 0 Å². The van der Waals surface area contributed by atoms with Gasteiger partial charge in [0.25, 0.3) is 11.8 Å². The minimum absolute atomic E-state index is 0.0511. The Kier molecular flexibility index (Phi) is 4.78. The van der Waals surface area contributed by atoms with E-state index in [2.05, 4.69) is 21.2 Å². The molecule has 4 amide bonds. The van der Waals surface area contributed by atoms with Crippen LogP contribution in [0.3, 0.4) is 0 Å². The molecule has 122 valence electrons. The molecule has 0 unspecified atom stereocenters. The van der Waals surface area contributed by atoms with E-state index in [1.165, 1.54) is 29.5 Å². The Labute approximate surface area is 159 Å². The van der Waals surface area contributed by atoms with Crippen LogP contribution in [-0.2, 0) is 9.59 Å². The summed E-state index contributed by atoms with van der Waals surface area (Å²) in [6.07, 6.45) is 1.42. The van der Waals surface area contributed by atoms with E-state index in [-0.39, 0.29) is 21.3 Å². The number of urea groups is 1. The topological polar surface area (TPSA) is 66.5 Å². The molecule has 1 N–H and O–H groups in total. The van der Waals surface area contributed by atoms with Crippen molar-refractivity contribution in [3.05, 3.63) is 54.6 Å². The molecule has 2 heterocycles. The van der Waals surface area contributed by atoms with Crippen LogP contribution in [0.1, 0.15) is 4.88 Å². The lowest BCUT2D eigenvalue weighted by atomic mass is 10.1. The Morgan fingerprint density at radius 3 is 2.62 bits per heavy atom. The lowest BCUT2D eigenvalue weighted by Crippen LogP contribution is -2.54. The van der Waals surface area contributed by atoms with Crippen LogP contribution in [0, 0.1) is 0 Å². The second-order valence-corrected chi connectivity index (χ2v) is 7.34. The number of thiophene rings is 1. The van der Waals surface area contributed by atoms with Gasteiger partial charge >= 0.3 is 6.03 Å². The molecule has 0 saturated carbocycles. The van der Waals surface area contributed by atoms with Crippen molar-refractivity contribution in [1.82, 2.24) is 5.32 Å². The van der Waals surface area contributed by atoms with Gasteiger partial charge in [-0.2, -0.15) is 0 Å². The smallest absolute Gasteiger partial charge is 0.273 e. The largest absolute Gasteiger partial charge is 0.336 e. The van der Waals surface area contributed by atoms with Crippen LogP contribution >= 0.6 is 50.5 Å². The zero-order chi connectivity index (χ0) is 17.4. The summed E-state index contributed by atoms with van der Waals surface area (Å²) in [5.41, 5.74) is -0.0579. The molecule has 0 radical (unpaired) electrons. The van der Waals surface area contributed by atoms with Crippen LogP contribution < -0.4 is 10.2 Å². The lowest BCUT2D eigenvalue weighted by molar-refractivity contribution is -0.122. The summed E-state index contributed by atoms with van der Waals surface area (Å²) in [6, 6.07) is 5.44. The molecule has 24 heavy (non-hydrogen) atoms. The average Bonchev–Trinajstić information content (AvgIpc) is 2.93. The van der Waals surface area contributed by atoms with Gasteiger partial charge in [0.1, 0.15) is 5.57 Å². The summed E-state index contributed by atoms with van der Waals surface area (Å²) >= 11 is 16.7. The predicted octanol–water partition coefficient (Wildman–Crippen LogP) is 4.48. The number of amides is 4. The minimum Gasteiger partial charge on any atom is -0.273 e. The molecular weight excluding hydrogens is 439 g/mol. The Balaban J connectivity index is 2.06. The Morgan fingerprint density at radius 1 is 1.21 bits per heavy atom. The second kappa shape index (κ2) is 6.68. The third kappa shape index (κ3) is 3.12. The zero-order valence-electron chi connectivity index (χ0n) is 11.7. The van der Waals surface area contributed by atoms with Crippen molar-refractivity contribution < 1.29 is 14.4 Å². The third-order valence-corrected chi connectivity index (χ3v) is 5.60. The molecule has 0 aliphatic carbocycles. The van der Waals surface area contributed by atoms with Crippen molar-refractivity contribution >= 4 is 80.1 Å². The highest BCUT2D eigenvalue weighted by Gasteiger charge is 2.38. The summed E-state index contributed by atoms with van der Waals surface area (Å²) in [5, 5.41) is 4.19. The van der Waals surface area contributed by atoms with Crippen molar-refractivity contribution in [1.29, 1.82) is 0 Å². The van der Waals surface area contributed by atoms with Crippen molar-refractivity contribution in [2.24, 2.45) is 0 Å². The first-order valence-corrected chi connectivity index (χ1v) is 8.91. The molecule has 5 nitrogen and oxygen atoms in total. The van der Waals surface area contributed by atoms with E-state index in [0.29, 0.717) is 4.88 Å². The van der Waals surface area contributed by atoms with E-state index in [4.69, 9.17) is 23.2 Å². The number of nitrogens with zero attached hydrogens (tertiary/aromatic N) is 1. The van der Waals surface area contributed by atoms with Crippen LogP contribution in [0.25, 0.3) is 6.08 Å². The van der Waals surface area contributed by atoms with Gasteiger partial charge in [-0.05, 0) is 40.2 Å². The number of rotatable bonds is 2. The monoisotopic (exact) mass is 444 g/mol. The van der Waals surface area contributed by atoms with Crippen molar-refractivity contribution in [2.75, 3.05) is 4.90 Å². The van der Waals surface area contributed by atoms with Gasteiger partial charge in [-0.1, -0.05) is 29.3 Å². The van der Waals surface area contributed by atoms with Gasteiger partial charge in [0, 0.05) is 14.7 Å². The molecular formula is C15H7BrCl2N2O3S. The van der Waals surface area contributed by atoms with Crippen LogP contribution in [0.4, 0.5) is 10.5 Å². The number of barbiturate groups is 1. The van der Waals surface area contributed by atoms with Gasteiger partial charge in [-0.3, -0.25) is 14.9 Å². The van der Waals surface area contributed by atoms with Gasteiger partial charge in [0.2, 0.25) is 0 Å². The van der Waals surface area contributed by atoms with Gasteiger partial charge < -0.3 is 0 Å². The number of anilines is 1. The summed E-state index contributed by atoms with van der Waals surface area (Å²) in [4.78, 5) is 38.3. The summed E-state index contributed by atoms with van der Waals surface area (Å²) in [6.45, 7) is 0. The van der Waals surface area contributed by atoms with Crippen LogP contribution in [0.2, 0.25) is 10.0 Å². The van der Waals surface area contributed by atoms with E-state index >= 15 is 0 Å². The third-order valence-electron chi connectivity index (χ3n) is 3.15. The molecule has 1 fully saturated rings. The number of carbonyl (C=O) groups excluding carboxylic acids is 3. The van der Waals surface area contributed by atoms with E-state index in [1.807, 2.05) is 5.38 Å². The SMILES string of the molecule is O=C1NC(=O)N(c2cccc(Cl)c2Cl)C(=O)C1=Cc1cc(Br)cs1. The molecule has 3 rings (SSSR count). The molecule has 0 atom stereocenters. The Morgan fingerprint density at radius 2 is 1.96 bits per heavy atom. The van der Waals surface area contributed by atoms with Crippen LogP contribution in [0.15, 0.2) is 39.7 Å². The molecule has 0 bridgehead atoms. The highest BCUT2D eigenvalue weighted by molar-refractivity contribution is 9.10. The first kappa shape index (κ1) is 17.2. The van der Waals surface area contributed by atoms with Gasteiger partial charge in [-0.15, -0.1) is 11.3 Å². The molecule has 1 aliphatic rings. The number of benzene rings is 1. The quantitative estimate of drug-likeness (QED) is 0.547. The summed E-state index contributed by atoms with van der Waals surface area (Å²) in [7, 11) is 0. The fraction of sp³-hybridized carbons (Fsp3) is 0. The highest BCUT2D eigenvalue weighted by Crippen LogP contribution is 2.34. The normalized spacial score (nSPS) is 16.7. The van der Waals surface area contributed by atoms with E-state index in [0.717, 1.165) is 9.37 Å². The molecule has 1 aromatic heterocycles. The fourth-order valence-electron chi connectivity index (χ4n) is 2.09. The fourth-order valence-corrected chi connectivity index (χ4v) is 3.84. The number of hydrogen-bond donors (Lipinski definition) is 1. The van der Waals surface area contributed by atoms with E-state index in [1.54, 1.807) is 12.1 Å². The highest BCUT2D eigenvalue weighted by atomic mass is 79.9. The predicted molar refractivity (Wildman–Crippen MR) is 97.5 cm³/mol. The summed E-state index contributed by atoms with van der Waals surface area (Å²) < 4.78 is 0.828. The number of nitrogens with one attached hydrogen (secondary N) is 1. The Hall–Kier alpha value is -1.67. The lowest BCUT2D eigenvalue weighted by Gasteiger charge is -2.27. The van der Waals surface area contributed by atoms with E-state index in [9.17, 15) is 14.4 Å². The Bertz CT molecular complexity index is 910. The summed E-state index contributed by atoms with van der Waals surface area (Å²) in [5.74, 6) is -1.53. The van der Waals surface area contributed by atoms with Gasteiger partial charge in [-0.25, -0.2) is 9.69 Å². The minimum atomic E-state index is -0.876. The molecule has 1 aromatic carbocycles. The van der Waals surface area contributed by atoms with Crippen molar-refractivity contribution in [3.8, 4) is 0 Å². The molecule has 1 aliphatic heterocycles. The molecule has 0 spiro atoms. The first-order valence-electron chi connectivity index (χ1n) is 6.48. The van der Waals surface area contributed by atoms with Crippen LogP contribution in [-0.4, -0.2) is 17.8 Å². The van der Waals surface area contributed by atoms with Gasteiger partial charge in [0.15, 0.2) is 0 Å². The number of hydrogen-bond acceptors (Lipinski definition) is 4. The average molecular weight is 446 g/mol. The number of imide groups is 2. The van der Waals surface area contributed by atoms with Crippen molar-refractivity contribution in [2.45, 2.75) is 0 Å². The maximum Gasteiger partial charge on any atom is 0.336 e. The zero-order valence-corrected chi connectivity index (χ0v) is 15.6.